The van der Waals surface area contributed by atoms with Crippen molar-refractivity contribution in [3.05, 3.63) is 132 Å². The summed E-state index contributed by atoms with van der Waals surface area (Å²) in [4.78, 5) is 1.83. The molecule has 0 radical (unpaired) electrons. The first-order chi connectivity index (χ1) is 17.1. The summed E-state index contributed by atoms with van der Waals surface area (Å²) in [5, 5.41) is 2.81. The fourth-order valence-corrected chi connectivity index (χ4v) is 4.79. The molecule has 2 nitrogen and oxygen atoms in total. The minimum atomic E-state index is -0.640. The third-order valence-electron chi connectivity index (χ3n) is 6.12. The van der Waals surface area contributed by atoms with E-state index in [0.717, 1.165) is 44.9 Å². The summed E-state index contributed by atoms with van der Waals surface area (Å²) in [6.07, 6.45) is 0. The van der Waals surface area contributed by atoms with Crippen LogP contribution >= 0.6 is 11.6 Å². The fraction of sp³-hybridized carbons (Fsp3) is 0. The van der Waals surface area contributed by atoms with Gasteiger partial charge < -0.3 is 9.47 Å². The summed E-state index contributed by atoms with van der Waals surface area (Å²) in [5.74, 6) is -1.28. The molecule has 0 saturated carbocycles. The van der Waals surface area contributed by atoms with Crippen LogP contribution in [0, 0.1) is 11.6 Å². The maximum absolute atomic E-state index is 14.3. The highest BCUT2D eigenvalue weighted by atomic mass is 35.5. The van der Waals surface area contributed by atoms with Gasteiger partial charge in [-0.05, 0) is 66.7 Å². The molecule has 0 fully saturated rings. The van der Waals surface area contributed by atoms with Crippen molar-refractivity contribution in [3.63, 3.8) is 0 Å². The number of aromatic nitrogens is 1. The number of fused-ring (bicyclic) bond motifs is 3. The highest BCUT2D eigenvalue weighted by molar-refractivity contribution is 6.30. The van der Waals surface area contributed by atoms with Crippen LogP contribution in [0.2, 0.25) is 5.02 Å². The van der Waals surface area contributed by atoms with Crippen LogP contribution in [0.25, 0.3) is 27.5 Å². The molecule has 1 heterocycles. The zero-order valence-electron chi connectivity index (χ0n) is 18.5. The van der Waals surface area contributed by atoms with E-state index in [4.69, 9.17) is 11.6 Å². The lowest BCUT2D eigenvalue weighted by molar-refractivity contribution is 0.584. The van der Waals surface area contributed by atoms with Gasteiger partial charge in [-0.15, -0.1) is 0 Å². The number of benzene rings is 5. The molecular formula is C30H19ClF2N2. The Morgan fingerprint density at radius 3 is 1.91 bits per heavy atom. The smallest absolute Gasteiger partial charge is 0.128 e. The predicted molar refractivity (Wildman–Crippen MR) is 140 cm³/mol. The Morgan fingerprint density at radius 1 is 0.543 bits per heavy atom. The maximum atomic E-state index is 14.3. The minimum absolute atomic E-state index is 0.381. The third-order valence-corrected chi connectivity index (χ3v) is 6.37. The largest absolute Gasteiger partial charge is 0.310 e. The quantitative estimate of drug-likeness (QED) is 0.244. The zero-order valence-corrected chi connectivity index (χ0v) is 19.3. The molecule has 0 aliphatic carbocycles. The van der Waals surface area contributed by atoms with Crippen LogP contribution in [-0.4, -0.2) is 4.57 Å². The van der Waals surface area contributed by atoms with Crippen molar-refractivity contribution in [1.82, 2.24) is 4.57 Å². The minimum Gasteiger partial charge on any atom is -0.310 e. The molecule has 0 N–H and O–H groups in total. The first-order valence-electron chi connectivity index (χ1n) is 11.2. The first kappa shape index (κ1) is 21.4. The van der Waals surface area contributed by atoms with Crippen molar-refractivity contribution >= 4 is 50.5 Å². The Balaban J connectivity index is 1.64. The molecule has 6 rings (SSSR count). The lowest BCUT2D eigenvalue weighted by atomic mass is 10.1. The van der Waals surface area contributed by atoms with Gasteiger partial charge in [-0.25, -0.2) is 8.78 Å². The molecule has 6 aromatic rings. The van der Waals surface area contributed by atoms with Gasteiger partial charge in [0.15, 0.2) is 0 Å². The number of rotatable bonds is 4. The molecule has 0 unspecified atom stereocenters. The Labute approximate surface area is 206 Å². The summed E-state index contributed by atoms with van der Waals surface area (Å²) in [6.45, 7) is 0. The number of anilines is 3. The Bertz CT molecular complexity index is 1650. The van der Waals surface area contributed by atoms with E-state index in [9.17, 15) is 8.78 Å². The molecule has 5 heteroatoms. The molecule has 5 aromatic carbocycles. The van der Waals surface area contributed by atoms with Crippen LogP contribution in [0.5, 0.6) is 0 Å². The first-order valence-corrected chi connectivity index (χ1v) is 11.6. The number of nitrogens with zero attached hydrogens (tertiary/aromatic N) is 2. The van der Waals surface area contributed by atoms with Gasteiger partial charge in [-0.1, -0.05) is 54.1 Å². The van der Waals surface area contributed by atoms with Gasteiger partial charge in [-0.3, -0.25) is 0 Å². The van der Waals surface area contributed by atoms with Crippen molar-refractivity contribution in [2.75, 3.05) is 4.90 Å². The summed E-state index contributed by atoms with van der Waals surface area (Å²) < 4.78 is 30.7. The van der Waals surface area contributed by atoms with E-state index in [1.807, 2.05) is 53.4 Å². The van der Waals surface area contributed by atoms with Crippen molar-refractivity contribution in [1.29, 1.82) is 0 Å². The van der Waals surface area contributed by atoms with Gasteiger partial charge >= 0.3 is 0 Å². The van der Waals surface area contributed by atoms with Crippen LogP contribution in [0.15, 0.2) is 115 Å². The lowest BCUT2D eigenvalue weighted by Crippen LogP contribution is -2.10. The number of halogens is 3. The van der Waals surface area contributed by atoms with Gasteiger partial charge in [0, 0.05) is 38.9 Å². The second-order valence-corrected chi connectivity index (χ2v) is 8.77. The Morgan fingerprint density at radius 2 is 1.17 bits per heavy atom. The molecule has 0 amide bonds. The van der Waals surface area contributed by atoms with Crippen LogP contribution in [0.3, 0.4) is 0 Å². The lowest BCUT2D eigenvalue weighted by Gasteiger charge is -2.26. The average molecular weight is 481 g/mol. The second-order valence-electron chi connectivity index (χ2n) is 8.33. The van der Waals surface area contributed by atoms with E-state index in [0.29, 0.717) is 10.7 Å². The summed E-state index contributed by atoms with van der Waals surface area (Å²) in [6, 6.07) is 35.2. The van der Waals surface area contributed by atoms with E-state index in [-0.39, 0.29) is 0 Å². The highest BCUT2D eigenvalue weighted by Crippen LogP contribution is 2.40. The van der Waals surface area contributed by atoms with Crippen LogP contribution < -0.4 is 4.90 Å². The van der Waals surface area contributed by atoms with Gasteiger partial charge in [0.2, 0.25) is 0 Å². The molecule has 1 aromatic heterocycles. The molecule has 35 heavy (non-hydrogen) atoms. The van der Waals surface area contributed by atoms with Crippen molar-refractivity contribution in [2.24, 2.45) is 0 Å². The number of para-hydroxylation sites is 2. The molecule has 0 spiro atoms. The number of hydrogen-bond donors (Lipinski definition) is 0. The predicted octanol–water partition coefficient (Wildman–Crippen LogP) is 9.19. The molecule has 0 aliphatic rings. The molecule has 170 valence electrons. The van der Waals surface area contributed by atoms with E-state index in [1.54, 1.807) is 12.1 Å². The topological polar surface area (TPSA) is 8.17 Å². The molecular weight excluding hydrogens is 462 g/mol. The molecule has 0 aliphatic heterocycles. The summed E-state index contributed by atoms with van der Waals surface area (Å²) in [5.41, 5.74) is 5.00. The summed E-state index contributed by atoms with van der Waals surface area (Å²) >= 11 is 6.13. The standard InChI is InChI=1S/C30H19ClF2N2/c31-20-10-12-24(13-11-20)34(26-17-21(32)16-22(33)18-26)25-14-15-28-27-8-4-5-9-29(27)35(30(28)19-25)23-6-2-1-3-7-23/h1-19H. The monoisotopic (exact) mass is 480 g/mol. The van der Waals surface area contributed by atoms with Gasteiger partial charge in [-0.2, -0.15) is 0 Å². The van der Waals surface area contributed by atoms with Gasteiger partial charge in [0.25, 0.3) is 0 Å². The van der Waals surface area contributed by atoms with Crippen LogP contribution in [0.4, 0.5) is 25.8 Å². The normalized spacial score (nSPS) is 11.3. The van der Waals surface area contributed by atoms with Gasteiger partial charge in [0.05, 0.1) is 16.7 Å². The SMILES string of the molecule is Fc1cc(F)cc(N(c2ccc(Cl)cc2)c2ccc3c4ccccc4n(-c4ccccc4)c3c2)c1. The second kappa shape index (κ2) is 8.57. The van der Waals surface area contributed by atoms with Crippen molar-refractivity contribution < 1.29 is 8.78 Å². The van der Waals surface area contributed by atoms with Crippen LogP contribution in [0.1, 0.15) is 0 Å². The van der Waals surface area contributed by atoms with Crippen LogP contribution in [-0.2, 0) is 0 Å². The summed E-state index contributed by atoms with van der Waals surface area (Å²) in [7, 11) is 0. The fourth-order valence-electron chi connectivity index (χ4n) is 4.66. The molecule has 0 saturated heterocycles. The third kappa shape index (κ3) is 3.82. The number of hydrogen-bond acceptors (Lipinski definition) is 1. The highest BCUT2D eigenvalue weighted by Gasteiger charge is 2.18. The molecule has 0 atom stereocenters. The Kier molecular flexibility index (Phi) is 5.24. The van der Waals surface area contributed by atoms with Gasteiger partial charge in [0.1, 0.15) is 11.6 Å². The Hall–Kier alpha value is -4.15. The van der Waals surface area contributed by atoms with E-state index in [1.165, 1.54) is 12.1 Å². The van der Waals surface area contributed by atoms with E-state index >= 15 is 0 Å². The zero-order chi connectivity index (χ0) is 23.9. The van der Waals surface area contributed by atoms with E-state index < -0.39 is 11.6 Å². The molecule has 0 bridgehead atoms. The maximum Gasteiger partial charge on any atom is 0.128 e. The van der Waals surface area contributed by atoms with Crippen molar-refractivity contribution in [2.45, 2.75) is 0 Å². The van der Waals surface area contributed by atoms with Crippen molar-refractivity contribution in [3.8, 4) is 5.69 Å². The van der Waals surface area contributed by atoms with E-state index in [2.05, 4.69) is 41.0 Å². The average Bonchev–Trinajstić information content (AvgIpc) is 3.19.